The average molecular weight is 377 g/mol. The van der Waals surface area contributed by atoms with Gasteiger partial charge in [-0.2, -0.15) is 0 Å². The van der Waals surface area contributed by atoms with Crippen LogP contribution in [0.2, 0.25) is 0 Å². The first kappa shape index (κ1) is 19.7. The minimum Gasteiger partial charge on any atom is -0.494 e. The highest BCUT2D eigenvalue weighted by atomic mass is 16.5. The maximum absolute atomic E-state index is 12.8. The Labute approximate surface area is 166 Å². The second-order valence-electron chi connectivity index (χ2n) is 6.72. The molecule has 0 aliphatic rings. The van der Waals surface area contributed by atoms with Gasteiger partial charge in [-0.25, -0.2) is 0 Å². The summed E-state index contributed by atoms with van der Waals surface area (Å²) in [7, 11) is 0. The van der Waals surface area contributed by atoms with E-state index in [0.717, 1.165) is 27.8 Å². The number of carbonyl (C=O) groups excluding carboxylic acids is 1. The molecule has 3 aromatic rings. The Hall–Kier alpha value is -3.01. The molecule has 1 amide bonds. The summed E-state index contributed by atoms with van der Waals surface area (Å²) in [6, 6.07) is 21.6. The molecule has 3 aromatic carbocycles. The van der Waals surface area contributed by atoms with E-state index in [9.17, 15) is 4.79 Å². The third-order valence-corrected chi connectivity index (χ3v) is 4.73. The lowest BCUT2D eigenvalue weighted by molar-refractivity contribution is -0.128. The third kappa shape index (κ3) is 4.63. The van der Waals surface area contributed by atoms with Crippen LogP contribution in [0.4, 0.5) is 0 Å². The van der Waals surface area contributed by atoms with E-state index in [1.54, 1.807) is 0 Å². The molecule has 4 heteroatoms. The van der Waals surface area contributed by atoms with Gasteiger partial charge < -0.3 is 14.8 Å². The zero-order valence-electron chi connectivity index (χ0n) is 16.6. The van der Waals surface area contributed by atoms with Gasteiger partial charge in [-0.1, -0.05) is 55.5 Å². The maximum Gasteiger partial charge on any atom is 0.261 e. The smallest absolute Gasteiger partial charge is 0.261 e. The number of carbonyl (C=O) groups is 1. The van der Waals surface area contributed by atoms with Gasteiger partial charge in [-0.05, 0) is 49.4 Å². The average Bonchev–Trinajstić information content (AvgIpc) is 2.72. The summed E-state index contributed by atoms with van der Waals surface area (Å²) in [4.78, 5) is 12.8. The van der Waals surface area contributed by atoms with Crippen LogP contribution in [-0.4, -0.2) is 18.6 Å². The minimum atomic E-state index is -0.545. The second-order valence-corrected chi connectivity index (χ2v) is 6.72. The van der Waals surface area contributed by atoms with E-state index in [1.807, 2.05) is 87.5 Å². The summed E-state index contributed by atoms with van der Waals surface area (Å²) in [5.74, 6) is 1.45. The van der Waals surface area contributed by atoms with Gasteiger partial charge >= 0.3 is 0 Å². The first-order valence-corrected chi connectivity index (χ1v) is 9.80. The largest absolute Gasteiger partial charge is 0.494 e. The summed E-state index contributed by atoms with van der Waals surface area (Å²) in [6.07, 6.45) is 0.0429. The van der Waals surface area contributed by atoms with E-state index < -0.39 is 6.10 Å². The normalized spacial score (nSPS) is 13.0. The van der Waals surface area contributed by atoms with Gasteiger partial charge in [0.15, 0.2) is 6.10 Å². The Morgan fingerprint density at radius 1 is 0.964 bits per heavy atom. The fourth-order valence-electron chi connectivity index (χ4n) is 3.18. The molecule has 0 saturated heterocycles. The van der Waals surface area contributed by atoms with Crippen molar-refractivity contribution < 1.29 is 14.3 Å². The van der Waals surface area contributed by atoms with Gasteiger partial charge in [-0.15, -0.1) is 0 Å². The van der Waals surface area contributed by atoms with Crippen molar-refractivity contribution in [3.8, 4) is 11.5 Å². The van der Waals surface area contributed by atoms with E-state index in [2.05, 4.69) is 5.32 Å². The molecule has 28 heavy (non-hydrogen) atoms. The molecule has 0 aromatic heterocycles. The predicted octanol–water partition coefficient (Wildman–Crippen LogP) is 5.27. The van der Waals surface area contributed by atoms with E-state index in [1.165, 1.54) is 0 Å². The highest BCUT2D eigenvalue weighted by Crippen LogP contribution is 2.27. The first-order valence-electron chi connectivity index (χ1n) is 9.80. The number of hydrogen-bond acceptors (Lipinski definition) is 3. The molecule has 0 saturated carbocycles. The first-order chi connectivity index (χ1) is 13.6. The summed E-state index contributed by atoms with van der Waals surface area (Å²) in [5, 5.41) is 5.17. The van der Waals surface area contributed by atoms with Gasteiger partial charge in [0.25, 0.3) is 5.91 Å². The Morgan fingerprint density at radius 3 is 2.39 bits per heavy atom. The molecule has 0 radical (unpaired) electrons. The van der Waals surface area contributed by atoms with Crippen molar-refractivity contribution in [2.24, 2.45) is 0 Å². The van der Waals surface area contributed by atoms with E-state index in [-0.39, 0.29) is 11.9 Å². The van der Waals surface area contributed by atoms with Crippen molar-refractivity contribution in [3.05, 3.63) is 72.3 Å². The molecule has 0 bridgehead atoms. The predicted molar refractivity (Wildman–Crippen MR) is 113 cm³/mol. The third-order valence-electron chi connectivity index (χ3n) is 4.73. The summed E-state index contributed by atoms with van der Waals surface area (Å²) >= 11 is 0. The zero-order chi connectivity index (χ0) is 19.9. The molecule has 146 valence electrons. The van der Waals surface area contributed by atoms with Gasteiger partial charge in [0.2, 0.25) is 0 Å². The summed E-state index contributed by atoms with van der Waals surface area (Å²) < 4.78 is 11.6. The fourth-order valence-corrected chi connectivity index (χ4v) is 3.18. The number of nitrogens with one attached hydrogen (secondary N) is 1. The molecule has 1 N–H and O–H groups in total. The fraction of sp³-hybridized carbons (Fsp3) is 0.292. The molecule has 3 rings (SSSR count). The van der Waals surface area contributed by atoms with Crippen LogP contribution in [-0.2, 0) is 4.79 Å². The Morgan fingerprint density at radius 2 is 1.68 bits per heavy atom. The van der Waals surface area contributed by atoms with Crippen molar-refractivity contribution in [2.75, 3.05) is 6.61 Å². The van der Waals surface area contributed by atoms with Crippen LogP contribution in [0.5, 0.6) is 11.5 Å². The van der Waals surface area contributed by atoms with Crippen molar-refractivity contribution in [3.63, 3.8) is 0 Å². The van der Waals surface area contributed by atoms with E-state index in [0.29, 0.717) is 13.0 Å². The number of rotatable bonds is 8. The summed E-state index contributed by atoms with van der Waals surface area (Å²) in [5.41, 5.74) is 1.02. The lowest BCUT2D eigenvalue weighted by Crippen LogP contribution is -2.39. The molecule has 0 aliphatic carbocycles. The number of hydrogen-bond donors (Lipinski definition) is 1. The molecule has 4 nitrogen and oxygen atoms in total. The Bertz CT molecular complexity index is 915. The Balaban J connectivity index is 1.69. The highest BCUT2D eigenvalue weighted by Gasteiger charge is 2.21. The van der Waals surface area contributed by atoms with Gasteiger partial charge in [0, 0.05) is 5.39 Å². The molecule has 2 atom stereocenters. The highest BCUT2D eigenvalue weighted by molar-refractivity contribution is 5.89. The number of amides is 1. The summed E-state index contributed by atoms with van der Waals surface area (Å²) in [6.45, 7) is 6.52. The van der Waals surface area contributed by atoms with Gasteiger partial charge in [0.1, 0.15) is 11.5 Å². The van der Waals surface area contributed by atoms with Crippen LogP contribution in [0.1, 0.15) is 38.8 Å². The molecular formula is C24H27NO3. The van der Waals surface area contributed by atoms with Crippen LogP contribution in [0.25, 0.3) is 10.8 Å². The number of benzene rings is 3. The van der Waals surface area contributed by atoms with E-state index >= 15 is 0 Å². The Kier molecular flexibility index (Phi) is 6.53. The van der Waals surface area contributed by atoms with Crippen molar-refractivity contribution >= 4 is 16.7 Å². The molecule has 0 spiro atoms. The minimum absolute atomic E-state index is 0.114. The van der Waals surface area contributed by atoms with Crippen LogP contribution < -0.4 is 14.8 Å². The lowest BCUT2D eigenvalue weighted by atomic mass is 10.1. The standard InChI is InChI=1S/C24H27NO3/c1-4-22(28-23-12-8-10-19-9-6-7-11-21(19)23)24(26)25-17(3)18-13-15-20(16-14-18)27-5-2/h6-17,22H,4-5H2,1-3H3,(H,25,26)/t17-,22-/m0/s1. The van der Waals surface area contributed by atoms with Crippen LogP contribution in [0, 0.1) is 0 Å². The lowest BCUT2D eigenvalue weighted by Gasteiger charge is -2.21. The number of fused-ring (bicyclic) bond motifs is 1. The second kappa shape index (κ2) is 9.27. The van der Waals surface area contributed by atoms with Crippen LogP contribution in [0.3, 0.4) is 0 Å². The van der Waals surface area contributed by atoms with Gasteiger partial charge in [-0.3, -0.25) is 4.79 Å². The molecule has 0 unspecified atom stereocenters. The van der Waals surface area contributed by atoms with E-state index in [4.69, 9.17) is 9.47 Å². The quantitative estimate of drug-likeness (QED) is 0.581. The van der Waals surface area contributed by atoms with Gasteiger partial charge in [0.05, 0.1) is 12.6 Å². The van der Waals surface area contributed by atoms with Crippen LogP contribution >= 0.6 is 0 Å². The number of ether oxygens (including phenoxy) is 2. The van der Waals surface area contributed by atoms with Crippen molar-refractivity contribution in [1.82, 2.24) is 5.32 Å². The molecule has 0 heterocycles. The van der Waals surface area contributed by atoms with Crippen LogP contribution in [0.15, 0.2) is 66.7 Å². The molecule has 0 fully saturated rings. The van der Waals surface area contributed by atoms with Crippen molar-refractivity contribution in [2.45, 2.75) is 39.3 Å². The van der Waals surface area contributed by atoms with Crippen molar-refractivity contribution in [1.29, 1.82) is 0 Å². The maximum atomic E-state index is 12.8. The molecular weight excluding hydrogens is 350 g/mol. The topological polar surface area (TPSA) is 47.6 Å². The zero-order valence-corrected chi connectivity index (χ0v) is 16.6. The molecule has 0 aliphatic heterocycles. The SMILES string of the molecule is CCOc1ccc([C@H](C)NC(=O)[C@H](CC)Oc2cccc3ccccc23)cc1. The monoisotopic (exact) mass is 377 g/mol.